The first-order valence-electron chi connectivity index (χ1n) is 7.58. The second-order valence-corrected chi connectivity index (χ2v) is 5.80. The predicted molar refractivity (Wildman–Crippen MR) is 89.4 cm³/mol. The van der Waals surface area contributed by atoms with E-state index in [1.807, 2.05) is 11.9 Å². The third-order valence-electron chi connectivity index (χ3n) is 4.21. The first-order valence-corrected chi connectivity index (χ1v) is 7.58. The minimum Gasteiger partial charge on any atom is -0.495 e. The standard InChI is InChI=1S/C17H18FN3O3/c1-20-8-7-12-13(10-20)16(21(22)23)5-4-14(12)19-15-9-11(18)3-6-17(15)24-2/h3-6,9,19H,7-8,10H2,1-2H3. The maximum Gasteiger partial charge on any atom is 0.274 e. The van der Waals surface area contributed by atoms with Gasteiger partial charge in [0.1, 0.15) is 11.6 Å². The van der Waals surface area contributed by atoms with Crippen molar-refractivity contribution in [3.8, 4) is 5.75 Å². The Morgan fingerprint density at radius 3 is 2.75 bits per heavy atom. The number of fused-ring (bicyclic) bond motifs is 1. The summed E-state index contributed by atoms with van der Waals surface area (Å²) in [7, 11) is 3.45. The highest BCUT2D eigenvalue weighted by Gasteiger charge is 2.25. The Labute approximate surface area is 139 Å². The Kier molecular flexibility index (Phi) is 4.35. The molecule has 6 nitrogen and oxygen atoms in total. The number of methoxy groups -OCH3 is 1. The van der Waals surface area contributed by atoms with Crippen molar-refractivity contribution in [2.24, 2.45) is 0 Å². The number of nitro benzene ring substituents is 1. The molecule has 3 rings (SSSR count). The summed E-state index contributed by atoms with van der Waals surface area (Å²) in [6.07, 6.45) is 0.688. The summed E-state index contributed by atoms with van der Waals surface area (Å²) in [5.74, 6) is 0.130. The molecule has 2 aromatic carbocycles. The fourth-order valence-electron chi connectivity index (χ4n) is 3.01. The number of likely N-dealkylation sites (N-methyl/N-ethyl adjacent to an activating group) is 1. The van der Waals surface area contributed by atoms with Gasteiger partial charge in [-0.1, -0.05) is 0 Å². The second kappa shape index (κ2) is 6.45. The van der Waals surface area contributed by atoms with Gasteiger partial charge in [0.25, 0.3) is 5.69 Å². The number of benzene rings is 2. The molecule has 2 aromatic rings. The number of hydrogen-bond donors (Lipinski definition) is 1. The van der Waals surface area contributed by atoms with Gasteiger partial charge >= 0.3 is 0 Å². The van der Waals surface area contributed by atoms with Crippen molar-refractivity contribution >= 4 is 17.1 Å². The van der Waals surface area contributed by atoms with Gasteiger partial charge in [0, 0.05) is 36.5 Å². The maximum absolute atomic E-state index is 13.6. The largest absolute Gasteiger partial charge is 0.495 e. The van der Waals surface area contributed by atoms with E-state index in [-0.39, 0.29) is 16.4 Å². The fourth-order valence-corrected chi connectivity index (χ4v) is 3.01. The van der Waals surface area contributed by atoms with Crippen molar-refractivity contribution < 1.29 is 14.1 Å². The van der Waals surface area contributed by atoms with Crippen molar-refractivity contribution in [1.82, 2.24) is 4.90 Å². The lowest BCUT2D eigenvalue weighted by atomic mass is 9.96. The first-order chi connectivity index (χ1) is 11.5. The highest BCUT2D eigenvalue weighted by atomic mass is 19.1. The van der Waals surface area contributed by atoms with E-state index >= 15 is 0 Å². The quantitative estimate of drug-likeness (QED) is 0.686. The van der Waals surface area contributed by atoms with Crippen LogP contribution in [0.1, 0.15) is 11.1 Å². The van der Waals surface area contributed by atoms with Crippen LogP contribution in [-0.2, 0) is 13.0 Å². The van der Waals surface area contributed by atoms with Crippen molar-refractivity contribution in [2.75, 3.05) is 26.0 Å². The van der Waals surface area contributed by atoms with Crippen molar-refractivity contribution in [3.05, 3.63) is 57.4 Å². The van der Waals surface area contributed by atoms with E-state index in [0.717, 1.165) is 17.8 Å². The molecule has 0 saturated carbocycles. The van der Waals surface area contributed by atoms with Gasteiger partial charge in [-0.3, -0.25) is 10.1 Å². The third kappa shape index (κ3) is 3.03. The Morgan fingerprint density at radius 2 is 2.04 bits per heavy atom. The number of nitro groups is 1. The summed E-state index contributed by atoms with van der Waals surface area (Å²) < 4.78 is 18.8. The van der Waals surface area contributed by atoms with Gasteiger partial charge in [0.15, 0.2) is 0 Å². The Morgan fingerprint density at radius 1 is 1.25 bits per heavy atom. The third-order valence-corrected chi connectivity index (χ3v) is 4.21. The van der Waals surface area contributed by atoms with Crippen LogP contribution < -0.4 is 10.1 Å². The van der Waals surface area contributed by atoms with E-state index in [1.165, 1.54) is 25.3 Å². The van der Waals surface area contributed by atoms with Gasteiger partial charge in [-0.25, -0.2) is 4.39 Å². The normalized spacial score (nSPS) is 14.1. The maximum atomic E-state index is 13.6. The van der Waals surface area contributed by atoms with Crippen molar-refractivity contribution in [3.63, 3.8) is 0 Å². The molecule has 0 radical (unpaired) electrons. The van der Waals surface area contributed by atoms with Gasteiger partial charge < -0.3 is 15.0 Å². The van der Waals surface area contributed by atoms with Crippen molar-refractivity contribution in [2.45, 2.75) is 13.0 Å². The Hall–Kier alpha value is -2.67. The molecule has 126 valence electrons. The molecule has 1 aliphatic heterocycles. The van der Waals surface area contributed by atoms with E-state index in [1.54, 1.807) is 12.1 Å². The zero-order valence-electron chi connectivity index (χ0n) is 13.5. The lowest BCUT2D eigenvalue weighted by Gasteiger charge is -2.27. The van der Waals surface area contributed by atoms with Crippen LogP contribution in [0.15, 0.2) is 30.3 Å². The molecular weight excluding hydrogens is 313 g/mol. The lowest BCUT2D eigenvalue weighted by Crippen LogP contribution is -2.27. The van der Waals surface area contributed by atoms with Crippen LogP contribution in [0, 0.1) is 15.9 Å². The van der Waals surface area contributed by atoms with Gasteiger partial charge in [0.05, 0.1) is 17.7 Å². The molecule has 0 fully saturated rings. The van der Waals surface area contributed by atoms with Gasteiger partial charge in [-0.2, -0.15) is 0 Å². The van der Waals surface area contributed by atoms with E-state index in [9.17, 15) is 14.5 Å². The minimum absolute atomic E-state index is 0.119. The zero-order chi connectivity index (χ0) is 17.3. The molecule has 0 bridgehead atoms. The molecule has 1 aliphatic rings. The summed E-state index contributed by atoms with van der Waals surface area (Å²) in [6, 6.07) is 7.38. The molecule has 0 aromatic heterocycles. The van der Waals surface area contributed by atoms with Crippen LogP contribution in [0.3, 0.4) is 0 Å². The van der Waals surface area contributed by atoms with E-state index in [4.69, 9.17) is 4.74 Å². The van der Waals surface area contributed by atoms with E-state index in [2.05, 4.69) is 5.32 Å². The summed E-state index contributed by atoms with van der Waals surface area (Å²) in [5, 5.41) is 14.5. The summed E-state index contributed by atoms with van der Waals surface area (Å²) in [4.78, 5) is 13.0. The van der Waals surface area contributed by atoms with Crippen molar-refractivity contribution in [1.29, 1.82) is 0 Å². The monoisotopic (exact) mass is 331 g/mol. The van der Waals surface area contributed by atoms with E-state index in [0.29, 0.717) is 30.0 Å². The van der Waals surface area contributed by atoms with Crippen LogP contribution in [0.4, 0.5) is 21.5 Å². The minimum atomic E-state index is -0.381. The summed E-state index contributed by atoms with van der Waals surface area (Å²) in [6.45, 7) is 1.32. The number of halogens is 1. The van der Waals surface area contributed by atoms with Gasteiger partial charge in [-0.05, 0) is 37.2 Å². The van der Waals surface area contributed by atoms with Gasteiger partial charge in [0.2, 0.25) is 0 Å². The van der Waals surface area contributed by atoms with Crippen LogP contribution in [0.25, 0.3) is 0 Å². The van der Waals surface area contributed by atoms with Crippen LogP contribution in [0.5, 0.6) is 5.75 Å². The topological polar surface area (TPSA) is 67.6 Å². The number of rotatable bonds is 4. The SMILES string of the molecule is COc1ccc(F)cc1Nc1ccc([N+](=O)[O-])c2c1CCN(C)C2. The molecule has 24 heavy (non-hydrogen) atoms. The molecule has 1 heterocycles. The number of hydrogen-bond acceptors (Lipinski definition) is 5. The van der Waals surface area contributed by atoms with Crippen LogP contribution >= 0.6 is 0 Å². The summed E-state index contributed by atoms with van der Waals surface area (Å²) in [5.41, 5.74) is 2.95. The highest BCUT2D eigenvalue weighted by molar-refractivity contribution is 5.72. The molecular formula is C17H18FN3O3. The highest BCUT2D eigenvalue weighted by Crippen LogP contribution is 2.36. The first kappa shape index (κ1) is 16.2. The molecule has 0 spiro atoms. The van der Waals surface area contributed by atoms with Gasteiger partial charge in [-0.15, -0.1) is 0 Å². The molecule has 0 unspecified atom stereocenters. The lowest BCUT2D eigenvalue weighted by molar-refractivity contribution is -0.385. The predicted octanol–water partition coefficient (Wildman–Crippen LogP) is 3.47. The average molecular weight is 331 g/mol. The summed E-state index contributed by atoms with van der Waals surface area (Å²) >= 11 is 0. The number of nitrogens with one attached hydrogen (secondary N) is 1. The second-order valence-electron chi connectivity index (χ2n) is 5.80. The molecule has 7 heteroatoms. The number of nitrogens with zero attached hydrogens (tertiary/aromatic N) is 2. The molecule has 0 amide bonds. The molecule has 1 N–H and O–H groups in total. The zero-order valence-corrected chi connectivity index (χ0v) is 13.5. The van der Waals surface area contributed by atoms with Crippen LogP contribution in [-0.4, -0.2) is 30.5 Å². The Bertz CT molecular complexity index is 795. The number of ether oxygens (including phenoxy) is 1. The average Bonchev–Trinajstić information content (AvgIpc) is 2.54. The van der Waals surface area contributed by atoms with Crippen LogP contribution in [0.2, 0.25) is 0 Å². The Balaban J connectivity index is 2.05. The molecule has 0 saturated heterocycles. The smallest absolute Gasteiger partial charge is 0.274 e. The van der Waals surface area contributed by atoms with E-state index < -0.39 is 0 Å². The fraction of sp³-hybridized carbons (Fsp3) is 0.294. The molecule has 0 aliphatic carbocycles. The number of anilines is 2. The molecule has 0 atom stereocenters.